The van der Waals surface area contributed by atoms with E-state index in [4.69, 9.17) is 0 Å². The Labute approximate surface area is 102 Å². The summed E-state index contributed by atoms with van der Waals surface area (Å²) in [4.78, 5) is 25.5. The summed E-state index contributed by atoms with van der Waals surface area (Å²) in [6, 6.07) is 3.89. The molecule has 92 valence electrons. The van der Waals surface area contributed by atoms with E-state index in [0.29, 0.717) is 11.2 Å². The van der Waals surface area contributed by atoms with Gasteiger partial charge >= 0.3 is 6.09 Å². The predicted molar refractivity (Wildman–Crippen MR) is 63.9 cm³/mol. The van der Waals surface area contributed by atoms with Gasteiger partial charge in [0.15, 0.2) is 5.65 Å². The van der Waals surface area contributed by atoms with Gasteiger partial charge in [-0.1, -0.05) is 0 Å². The minimum absolute atomic E-state index is 0.473. The molecule has 0 unspecified atom stereocenters. The lowest BCUT2D eigenvalue weighted by atomic mass is 10.5. The predicted octanol–water partition coefficient (Wildman–Crippen LogP) is 1.46. The van der Waals surface area contributed by atoms with Gasteiger partial charge in [0.05, 0.1) is 13.3 Å². The maximum absolute atomic E-state index is 11.1. The third-order valence-electron chi connectivity index (χ3n) is 2.09. The average Bonchev–Trinajstić information content (AvgIpc) is 3.10. The molecule has 0 saturated heterocycles. The van der Waals surface area contributed by atoms with E-state index in [0.717, 1.165) is 0 Å². The maximum atomic E-state index is 11.1. The van der Waals surface area contributed by atoms with Crippen LogP contribution in [0.5, 0.6) is 0 Å². The van der Waals surface area contributed by atoms with Crippen LogP contribution in [0.1, 0.15) is 0 Å². The van der Waals surface area contributed by atoms with Gasteiger partial charge in [0.25, 0.3) is 0 Å². The molecule has 0 radical (unpaired) electrons. The van der Waals surface area contributed by atoms with Crippen molar-refractivity contribution in [3.63, 3.8) is 0 Å². The SMILES string of the molecule is COC(=O)n1cnc2ncncc21.c1cc[nH]c1. The van der Waals surface area contributed by atoms with Gasteiger partial charge in [-0.25, -0.2) is 24.3 Å². The zero-order valence-electron chi connectivity index (χ0n) is 9.65. The minimum Gasteiger partial charge on any atom is -0.452 e. The minimum atomic E-state index is -0.502. The van der Waals surface area contributed by atoms with E-state index in [1.165, 1.54) is 30.5 Å². The largest absolute Gasteiger partial charge is 0.452 e. The summed E-state index contributed by atoms with van der Waals surface area (Å²) in [5, 5.41) is 0. The fourth-order valence-electron chi connectivity index (χ4n) is 1.28. The molecule has 0 spiro atoms. The second-order valence-electron chi connectivity index (χ2n) is 3.20. The number of methoxy groups -OCH3 is 1. The number of hydrogen-bond acceptors (Lipinski definition) is 5. The quantitative estimate of drug-likeness (QED) is 0.648. The highest BCUT2D eigenvalue weighted by molar-refractivity contribution is 5.83. The van der Waals surface area contributed by atoms with Crippen LogP contribution in [0.2, 0.25) is 0 Å². The van der Waals surface area contributed by atoms with Gasteiger partial charge in [-0.05, 0) is 12.1 Å². The lowest BCUT2D eigenvalue weighted by molar-refractivity contribution is 0.174. The lowest BCUT2D eigenvalue weighted by Crippen LogP contribution is -2.09. The van der Waals surface area contributed by atoms with E-state index in [-0.39, 0.29) is 0 Å². The highest BCUT2D eigenvalue weighted by atomic mass is 16.5. The Bertz CT molecular complexity index is 600. The number of hydrogen-bond donors (Lipinski definition) is 1. The summed E-state index contributed by atoms with van der Waals surface area (Å²) in [6.07, 6.45) is 7.48. The second-order valence-corrected chi connectivity index (χ2v) is 3.20. The van der Waals surface area contributed by atoms with Gasteiger partial charge in [0, 0.05) is 12.4 Å². The summed E-state index contributed by atoms with van der Waals surface area (Å²) in [7, 11) is 1.30. The van der Waals surface area contributed by atoms with Crippen molar-refractivity contribution in [2.45, 2.75) is 0 Å². The van der Waals surface area contributed by atoms with Gasteiger partial charge in [0.1, 0.15) is 18.2 Å². The molecule has 0 saturated carbocycles. The van der Waals surface area contributed by atoms with Gasteiger partial charge in [-0.15, -0.1) is 0 Å². The Hall–Kier alpha value is -2.70. The second kappa shape index (κ2) is 5.58. The fraction of sp³-hybridized carbons (Fsp3) is 0.0909. The van der Waals surface area contributed by atoms with Crippen molar-refractivity contribution in [3.8, 4) is 0 Å². The molecule has 7 heteroatoms. The van der Waals surface area contributed by atoms with Crippen LogP contribution in [-0.4, -0.2) is 37.7 Å². The van der Waals surface area contributed by atoms with Crippen LogP contribution in [0.25, 0.3) is 11.2 Å². The zero-order valence-corrected chi connectivity index (χ0v) is 9.65. The first kappa shape index (κ1) is 11.8. The molecule has 0 aliphatic rings. The standard InChI is InChI=1S/C7H6N4O2.C4H5N/c1-13-7(12)11-4-10-6-5(11)2-8-3-9-6;1-2-4-5-3-1/h2-4H,1H3;1-5H. The first-order valence-corrected chi connectivity index (χ1v) is 5.12. The Morgan fingerprint density at radius 2 is 2.11 bits per heavy atom. The molecule has 0 amide bonds. The third-order valence-corrected chi connectivity index (χ3v) is 2.09. The third kappa shape index (κ3) is 2.51. The molecule has 0 fully saturated rings. The van der Waals surface area contributed by atoms with Crippen LogP contribution in [0, 0.1) is 0 Å². The van der Waals surface area contributed by atoms with E-state index >= 15 is 0 Å². The van der Waals surface area contributed by atoms with Crippen LogP contribution in [0.4, 0.5) is 4.79 Å². The van der Waals surface area contributed by atoms with Gasteiger partial charge in [0.2, 0.25) is 0 Å². The molecular weight excluding hydrogens is 234 g/mol. The number of nitrogens with zero attached hydrogens (tertiary/aromatic N) is 4. The molecule has 0 aliphatic heterocycles. The van der Waals surface area contributed by atoms with E-state index in [9.17, 15) is 4.79 Å². The smallest absolute Gasteiger partial charge is 0.419 e. The first-order chi connectivity index (χ1) is 8.83. The van der Waals surface area contributed by atoms with Crippen LogP contribution < -0.4 is 0 Å². The number of aromatic nitrogens is 5. The molecule has 0 atom stereocenters. The molecule has 3 aromatic heterocycles. The van der Waals surface area contributed by atoms with Crippen molar-refractivity contribution in [1.29, 1.82) is 0 Å². The number of carbonyl (C=O) groups excluding carboxylic acids is 1. The highest BCUT2D eigenvalue weighted by Gasteiger charge is 2.09. The Balaban J connectivity index is 0.000000202. The number of ether oxygens (including phenoxy) is 1. The van der Waals surface area contributed by atoms with Crippen LogP contribution >= 0.6 is 0 Å². The molecule has 18 heavy (non-hydrogen) atoms. The van der Waals surface area contributed by atoms with E-state index < -0.39 is 6.09 Å². The number of rotatable bonds is 0. The van der Waals surface area contributed by atoms with Crippen LogP contribution in [0.3, 0.4) is 0 Å². The van der Waals surface area contributed by atoms with Crippen molar-refractivity contribution in [3.05, 3.63) is 43.4 Å². The molecule has 1 N–H and O–H groups in total. The van der Waals surface area contributed by atoms with Gasteiger partial charge in [-0.3, -0.25) is 0 Å². The van der Waals surface area contributed by atoms with Crippen LogP contribution in [0.15, 0.2) is 43.4 Å². The summed E-state index contributed by atoms with van der Waals surface area (Å²) in [5.41, 5.74) is 1.01. The Kier molecular flexibility index (Phi) is 3.65. The summed E-state index contributed by atoms with van der Waals surface area (Å²) in [6.45, 7) is 0. The van der Waals surface area contributed by atoms with Crippen molar-refractivity contribution >= 4 is 17.3 Å². The van der Waals surface area contributed by atoms with E-state index in [2.05, 4.69) is 24.7 Å². The van der Waals surface area contributed by atoms with E-state index in [1.54, 1.807) is 0 Å². The number of fused-ring (bicyclic) bond motifs is 1. The number of imidazole rings is 1. The number of carbonyl (C=O) groups is 1. The van der Waals surface area contributed by atoms with Crippen molar-refractivity contribution < 1.29 is 9.53 Å². The number of H-pyrrole nitrogens is 1. The zero-order chi connectivity index (χ0) is 12.8. The van der Waals surface area contributed by atoms with Gasteiger partial charge in [-0.2, -0.15) is 0 Å². The highest BCUT2D eigenvalue weighted by Crippen LogP contribution is 2.07. The molecule has 0 aromatic carbocycles. The first-order valence-electron chi connectivity index (χ1n) is 5.12. The molecule has 0 aliphatic carbocycles. The molecule has 3 aromatic rings. The van der Waals surface area contributed by atoms with Gasteiger partial charge < -0.3 is 9.72 Å². The molecule has 3 heterocycles. The lowest BCUT2D eigenvalue weighted by Gasteiger charge is -1.98. The Morgan fingerprint density at radius 1 is 1.33 bits per heavy atom. The fourth-order valence-corrected chi connectivity index (χ4v) is 1.28. The van der Waals surface area contributed by atoms with E-state index in [1.807, 2.05) is 24.5 Å². The molecule has 3 rings (SSSR count). The maximum Gasteiger partial charge on any atom is 0.419 e. The van der Waals surface area contributed by atoms with Crippen molar-refractivity contribution in [1.82, 2.24) is 24.5 Å². The summed E-state index contributed by atoms with van der Waals surface area (Å²) < 4.78 is 5.78. The summed E-state index contributed by atoms with van der Waals surface area (Å²) in [5.74, 6) is 0. The monoisotopic (exact) mass is 245 g/mol. The van der Waals surface area contributed by atoms with Crippen molar-refractivity contribution in [2.24, 2.45) is 0 Å². The average molecular weight is 245 g/mol. The van der Waals surface area contributed by atoms with Crippen LogP contribution in [-0.2, 0) is 4.74 Å². The topological polar surface area (TPSA) is 85.7 Å². The molecule has 0 bridgehead atoms. The number of nitrogens with one attached hydrogen (secondary N) is 1. The molecular formula is C11H11N5O2. The number of aromatic amines is 1. The normalized spacial score (nSPS) is 9.61. The summed E-state index contributed by atoms with van der Waals surface area (Å²) >= 11 is 0. The Morgan fingerprint density at radius 3 is 2.72 bits per heavy atom. The van der Waals surface area contributed by atoms with Crippen molar-refractivity contribution in [2.75, 3.05) is 7.11 Å². The molecule has 7 nitrogen and oxygen atoms in total.